The summed E-state index contributed by atoms with van der Waals surface area (Å²) in [6.07, 6.45) is 8.73. The fourth-order valence-corrected chi connectivity index (χ4v) is 3.56. The second-order valence-electron chi connectivity index (χ2n) is 6.96. The Bertz CT molecular complexity index is 419. The Morgan fingerprint density at radius 3 is 2.61 bits per heavy atom. The van der Waals surface area contributed by atoms with Crippen LogP contribution in [0.2, 0.25) is 0 Å². The van der Waals surface area contributed by atoms with Gasteiger partial charge in [-0.05, 0) is 42.2 Å². The van der Waals surface area contributed by atoms with Crippen molar-refractivity contribution in [3.8, 4) is 0 Å². The van der Waals surface area contributed by atoms with E-state index >= 15 is 0 Å². The molecule has 1 aromatic heterocycles. The molecule has 2 unspecified atom stereocenters. The largest absolute Gasteiger partial charge is 0.321 e. The molecule has 0 saturated heterocycles. The second-order valence-corrected chi connectivity index (χ2v) is 6.96. The molecule has 0 spiro atoms. The van der Waals surface area contributed by atoms with E-state index in [2.05, 4.69) is 38.7 Å². The van der Waals surface area contributed by atoms with Crippen molar-refractivity contribution in [1.29, 1.82) is 0 Å². The van der Waals surface area contributed by atoms with E-state index in [-0.39, 0.29) is 11.0 Å². The zero-order chi connectivity index (χ0) is 13.4. The highest BCUT2D eigenvalue weighted by molar-refractivity contribution is 5.27. The van der Waals surface area contributed by atoms with Gasteiger partial charge in [0.05, 0.1) is 0 Å². The van der Waals surface area contributed by atoms with E-state index < -0.39 is 0 Å². The van der Waals surface area contributed by atoms with Gasteiger partial charge >= 0.3 is 0 Å². The van der Waals surface area contributed by atoms with Gasteiger partial charge in [0.15, 0.2) is 0 Å². The maximum atomic E-state index is 6.84. The number of rotatable bonds is 1. The molecule has 2 nitrogen and oxygen atoms in total. The molecule has 0 bridgehead atoms. The zero-order valence-electron chi connectivity index (χ0n) is 12.2. The van der Waals surface area contributed by atoms with Crippen molar-refractivity contribution >= 4 is 0 Å². The van der Waals surface area contributed by atoms with Crippen molar-refractivity contribution in [2.24, 2.45) is 17.1 Å². The van der Waals surface area contributed by atoms with Crippen LogP contribution in [0.15, 0.2) is 18.5 Å². The van der Waals surface area contributed by atoms with Gasteiger partial charge in [0.25, 0.3) is 0 Å². The zero-order valence-corrected chi connectivity index (χ0v) is 12.2. The van der Waals surface area contributed by atoms with Crippen LogP contribution in [0.1, 0.15) is 57.6 Å². The lowest BCUT2D eigenvalue weighted by molar-refractivity contribution is 0.0775. The monoisotopic (exact) mass is 246 g/mol. The summed E-state index contributed by atoms with van der Waals surface area (Å²) in [5, 5.41) is 0. The Morgan fingerprint density at radius 1 is 1.28 bits per heavy atom. The average Bonchev–Trinajstić information content (AvgIpc) is 2.28. The number of hydrogen-bond acceptors (Lipinski definition) is 2. The van der Waals surface area contributed by atoms with Gasteiger partial charge in [0, 0.05) is 17.9 Å². The summed E-state index contributed by atoms with van der Waals surface area (Å²) in [6.45, 7) is 9.03. The topological polar surface area (TPSA) is 38.9 Å². The van der Waals surface area contributed by atoms with Crippen molar-refractivity contribution in [3.63, 3.8) is 0 Å². The summed E-state index contributed by atoms with van der Waals surface area (Å²) in [5.74, 6) is 0.530. The number of aromatic nitrogens is 1. The predicted octanol–water partition coefficient (Wildman–Crippen LogP) is 3.78. The highest BCUT2D eigenvalue weighted by Gasteiger charge is 2.44. The lowest BCUT2D eigenvalue weighted by Gasteiger charge is -2.48. The van der Waals surface area contributed by atoms with Gasteiger partial charge in [-0.15, -0.1) is 0 Å². The SMILES string of the molecule is Cc1cncc(C2(N)CCCCC2C(C)(C)C)c1. The molecule has 2 rings (SSSR count). The van der Waals surface area contributed by atoms with E-state index in [1.165, 1.54) is 30.4 Å². The third kappa shape index (κ3) is 2.44. The van der Waals surface area contributed by atoms with Crippen LogP contribution in [0.4, 0.5) is 0 Å². The first-order valence-corrected chi connectivity index (χ1v) is 7.05. The molecule has 1 aliphatic carbocycles. The first-order chi connectivity index (χ1) is 8.34. The normalized spacial score (nSPS) is 29.3. The molecule has 100 valence electrons. The Balaban J connectivity index is 2.42. The summed E-state index contributed by atoms with van der Waals surface area (Å²) in [4.78, 5) is 4.34. The molecule has 2 N–H and O–H groups in total. The Morgan fingerprint density at radius 2 is 2.00 bits per heavy atom. The van der Waals surface area contributed by atoms with Crippen LogP contribution in [0, 0.1) is 18.3 Å². The first-order valence-electron chi connectivity index (χ1n) is 7.05. The lowest BCUT2D eigenvalue weighted by Crippen LogP contribution is -2.51. The van der Waals surface area contributed by atoms with Crippen molar-refractivity contribution in [1.82, 2.24) is 4.98 Å². The predicted molar refractivity (Wildman–Crippen MR) is 76.3 cm³/mol. The molecule has 2 atom stereocenters. The number of nitrogens with two attached hydrogens (primary N) is 1. The fourth-order valence-electron chi connectivity index (χ4n) is 3.56. The number of nitrogens with zero attached hydrogens (tertiary/aromatic N) is 1. The molecular weight excluding hydrogens is 220 g/mol. The van der Waals surface area contributed by atoms with E-state index in [0.717, 1.165) is 6.42 Å². The molecule has 1 saturated carbocycles. The minimum absolute atomic E-state index is 0.199. The lowest BCUT2D eigenvalue weighted by atomic mass is 9.60. The molecule has 2 heteroatoms. The van der Waals surface area contributed by atoms with E-state index in [4.69, 9.17) is 5.73 Å². The van der Waals surface area contributed by atoms with Gasteiger partial charge in [0.2, 0.25) is 0 Å². The summed E-state index contributed by atoms with van der Waals surface area (Å²) in [7, 11) is 0. The van der Waals surface area contributed by atoms with Gasteiger partial charge in [-0.2, -0.15) is 0 Å². The van der Waals surface area contributed by atoms with Gasteiger partial charge in [0.1, 0.15) is 0 Å². The minimum Gasteiger partial charge on any atom is -0.321 e. The van der Waals surface area contributed by atoms with Crippen molar-refractivity contribution < 1.29 is 0 Å². The standard InChI is InChI=1S/C16H26N2/c1-12-9-13(11-18-10-12)16(17)8-6-5-7-14(16)15(2,3)4/h9-11,14H,5-8,17H2,1-4H3. The van der Waals surface area contributed by atoms with Crippen LogP contribution in [0.25, 0.3) is 0 Å². The molecule has 1 heterocycles. The smallest absolute Gasteiger partial charge is 0.0458 e. The maximum Gasteiger partial charge on any atom is 0.0458 e. The Kier molecular flexibility index (Phi) is 3.50. The molecule has 0 aliphatic heterocycles. The second kappa shape index (κ2) is 4.65. The van der Waals surface area contributed by atoms with Crippen molar-refractivity contribution in [2.75, 3.05) is 0 Å². The van der Waals surface area contributed by atoms with Crippen LogP contribution in [0.3, 0.4) is 0 Å². The molecule has 1 aliphatic rings. The third-order valence-electron chi connectivity index (χ3n) is 4.41. The molecule has 1 fully saturated rings. The third-order valence-corrected chi connectivity index (χ3v) is 4.41. The Labute approximate surface area is 111 Å². The van der Waals surface area contributed by atoms with Gasteiger partial charge in [-0.25, -0.2) is 0 Å². The van der Waals surface area contributed by atoms with Crippen LogP contribution in [0.5, 0.6) is 0 Å². The number of hydrogen-bond donors (Lipinski definition) is 1. The van der Waals surface area contributed by atoms with Gasteiger partial charge in [-0.1, -0.05) is 39.7 Å². The molecule has 0 amide bonds. The molecule has 18 heavy (non-hydrogen) atoms. The van der Waals surface area contributed by atoms with E-state index in [1.807, 2.05) is 12.4 Å². The quantitative estimate of drug-likeness (QED) is 0.819. The summed E-state index contributed by atoms with van der Waals surface area (Å²) in [6, 6.07) is 2.22. The first kappa shape index (κ1) is 13.5. The number of pyridine rings is 1. The minimum atomic E-state index is -0.199. The Hall–Kier alpha value is -0.890. The van der Waals surface area contributed by atoms with Crippen LogP contribution < -0.4 is 5.73 Å². The summed E-state index contributed by atoms with van der Waals surface area (Å²) >= 11 is 0. The molecule has 0 aromatic carbocycles. The van der Waals surface area contributed by atoms with Gasteiger partial charge < -0.3 is 5.73 Å². The summed E-state index contributed by atoms with van der Waals surface area (Å²) in [5.41, 5.74) is 9.32. The number of aryl methyl sites for hydroxylation is 1. The highest BCUT2D eigenvalue weighted by Crippen LogP contribution is 2.48. The summed E-state index contributed by atoms with van der Waals surface area (Å²) < 4.78 is 0. The average molecular weight is 246 g/mol. The fraction of sp³-hybridized carbons (Fsp3) is 0.688. The molecule has 1 aromatic rings. The van der Waals surface area contributed by atoms with E-state index in [1.54, 1.807) is 0 Å². The molecule has 0 radical (unpaired) electrons. The maximum absolute atomic E-state index is 6.84. The van der Waals surface area contributed by atoms with E-state index in [9.17, 15) is 0 Å². The van der Waals surface area contributed by atoms with Gasteiger partial charge in [-0.3, -0.25) is 4.98 Å². The molecular formula is C16H26N2. The van der Waals surface area contributed by atoms with Crippen LogP contribution in [-0.4, -0.2) is 4.98 Å². The van der Waals surface area contributed by atoms with Crippen molar-refractivity contribution in [2.45, 2.75) is 58.9 Å². The van der Waals surface area contributed by atoms with E-state index in [0.29, 0.717) is 5.92 Å². The van der Waals surface area contributed by atoms with Crippen LogP contribution in [-0.2, 0) is 5.54 Å². The van der Waals surface area contributed by atoms with Crippen molar-refractivity contribution in [3.05, 3.63) is 29.6 Å². The highest BCUT2D eigenvalue weighted by atomic mass is 14.8. The van der Waals surface area contributed by atoms with Crippen LogP contribution >= 0.6 is 0 Å².